The average molecular weight is 374 g/mol. The van der Waals surface area contributed by atoms with Gasteiger partial charge < -0.3 is 25.6 Å². The van der Waals surface area contributed by atoms with Crippen LogP contribution in [-0.4, -0.2) is 55.4 Å². The molecule has 1 aromatic carbocycles. The third kappa shape index (κ3) is 5.52. The van der Waals surface area contributed by atoms with Crippen LogP contribution < -0.4 is 20.9 Å². The van der Waals surface area contributed by atoms with Crippen LogP contribution in [0.2, 0.25) is 0 Å². The molecule has 2 amide bonds. The van der Waals surface area contributed by atoms with E-state index in [-0.39, 0.29) is 5.82 Å². The molecule has 3 N–H and O–H groups in total. The van der Waals surface area contributed by atoms with Gasteiger partial charge in [0.25, 0.3) is 0 Å². The Kier molecular flexibility index (Phi) is 6.37. The van der Waals surface area contributed by atoms with Crippen molar-refractivity contribution in [2.45, 2.75) is 6.92 Å². The van der Waals surface area contributed by atoms with Crippen LogP contribution in [0.1, 0.15) is 5.56 Å². The molecule has 1 aromatic heterocycles. The molecule has 144 valence electrons. The summed E-state index contributed by atoms with van der Waals surface area (Å²) in [6.45, 7) is 5.54. The maximum atomic E-state index is 13.5. The van der Waals surface area contributed by atoms with E-state index in [2.05, 4.69) is 30.8 Å². The van der Waals surface area contributed by atoms with E-state index >= 15 is 0 Å². The summed E-state index contributed by atoms with van der Waals surface area (Å²) in [5, 5.41) is 8.46. The molecule has 0 saturated carbocycles. The van der Waals surface area contributed by atoms with Crippen molar-refractivity contribution in [2.24, 2.45) is 0 Å². The lowest BCUT2D eigenvalue weighted by Crippen LogP contribution is -2.36. The molecule has 0 spiro atoms. The first kappa shape index (κ1) is 18.8. The summed E-state index contributed by atoms with van der Waals surface area (Å²) in [6.07, 6.45) is 1.51. The second-order valence-electron chi connectivity index (χ2n) is 6.13. The molecule has 1 saturated heterocycles. The molecule has 0 aliphatic carbocycles. The van der Waals surface area contributed by atoms with Crippen molar-refractivity contribution < 1.29 is 13.9 Å². The molecule has 9 heteroatoms. The van der Waals surface area contributed by atoms with Crippen molar-refractivity contribution in [3.8, 4) is 0 Å². The van der Waals surface area contributed by atoms with Gasteiger partial charge in [-0.1, -0.05) is 6.07 Å². The fourth-order valence-corrected chi connectivity index (χ4v) is 2.62. The molecule has 1 aliphatic rings. The van der Waals surface area contributed by atoms with Crippen LogP contribution >= 0.6 is 0 Å². The predicted molar refractivity (Wildman–Crippen MR) is 102 cm³/mol. The van der Waals surface area contributed by atoms with Gasteiger partial charge in [-0.15, -0.1) is 0 Å². The van der Waals surface area contributed by atoms with Crippen LogP contribution in [0.25, 0.3) is 0 Å². The summed E-state index contributed by atoms with van der Waals surface area (Å²) >= 11 is 0. The van der Waals surface area contributed by atoms with E-state index in [0.717, 1.165) is 18.9 Å². The topological polar surface area (TPSA) is 91.4 Å². The number of urea groups is 1. The van der Waals surface area contributed by atoms with E-state index in [4.69, 9.17) is 4.74 Å². The second kappa shape index (κ2) is 9.13. The highest BCUT2D eigenvalue weighted by Gasteiger charge is 2.13. The molecule has 27 heavy (non-hydrogen) atoms. The van der Waals surface area contributed by atoms with Crippen LogP contribution in [0.5, 0.6) is 0 Å². The number of anilines is 3. The predicted octanol–water partition coefficient (Wildman–Crippen LogP) is 1.99. The third-order valence-electron chi connectivity index (χ3n) is 4.13. The minimum absolute atomic E-state index is 0.352. The number of halogens is 1. The van der Waals surface area contributed by atoms with Crippen LogP contribution in [0.4, 0.5) is 26.5 Å². The molecule has 0 bridgehead atoms. The number of carbonyl (C=O) groups excluding carboxylic acids is 1. The first-order chi connectivity index (χ1) is 13.1. The number of nitrogens with zero attached hydrogens (tertiary/aromatic N) is 3. The lowest BCUT2D eigenvalue weighted by molar-refractivity contribution is 0.122. The number of aromatic nitrogens is 2. The maximum Gasteiger partial charge on any atom is 0.319 e. The van der Waals surface area contributed by atoms with E-state index in [0.29, 0.717) is 43.4 Å². The number of amides is 2. The first-order valence-electron chi connectivity index (χ1n) is 8.81. The number of hydrogen-bond donors (Lipinski definition) is 3. The lowest BCUT2D eigenvalue weighted by Gasteiger charge is -2.27. The quantitative estimate of drug-likeness (QED) is 0.670. The molecule has 2 heterocycles. The van der Waals surface area contributed by atoms with Gasteiger partial charge in [-0.05, 0) is 24.6 Å². The van der Waals surface area contributed by atoms with Gasteiger partial charge in [0, 0.05) is 37.9 Å². The number of hydrogen-bond acceptors (Lipinski definition) is 6. The Morgan fingerprint density at radius 3 is 2.81 bits per heavy atom. The number of rotatable bonds is 6. The SMILES string of the molecule is Cc1ccc(NC(=O)NCCNc2cc(N3CCOCC3)ncn2)cc1F. The summed E-state index contributed by atoms with van der Waals surface area (Å²) in [5.41, 5.74) is 0.945. The van der Waals surface area contributed by atoms with Gasteiger partial charge >= 0.3 is 6.03 Å². The van der Waals surface area contributed by atoms with Crippen LogP contribution in [-0.2, 0) is 4.74 Å². The van der Waals surface area contributed by atoms with E-state index < -0.39 is 6.03 Å². The molecule has 1 aliphatic heterocycles. The Hall–Kier alpha value is -2.94. The molecule has 1 fully saturated rings. The highest BCUT2D eigenvalue weighted by molar-refractivity contribution is 5.89. The standard InChI is InChI=1S/C18H23FN6O2/c1-13-2-3-14(10-15(13)19)24-18(26)21-5-4-20-16-11-17(23-12-22-16)25-6-8-27-9-7-25/h2-3,10-12H,4-9H2,1H3,(H,20,22,23)(H2,21,24,26). The number of carbonyl (C=O) groups is 1. The van der Waals surface area contributed by atoms with Crippen LogP contribution in [0.15, 0.2) is 30.6 Å². The molecule has 8 nitrogen and oxygen atoms in total. The normalized spacial score (nSPS) is 13.9. The van der Waals surface area contributed by atoms with E-state index in [9.17, 15) is 9.18 Å². The van der Waals surface area contributed by atoms with Crippen molar-refractivity contribution in [1.29, 1.82) is 0 Å². The van der Waals surface area contributed by atoms with Crippen molar-refractivity contribution in [3.05, 3.63) is 42.0 Å². The molecule has 0 radical (unpaired) electrons. The zero-order valence-electron chi connectivity index (χ0n) is 15.2. The molecular weight excluding hydrogens is 351 g/mol. The Morgan fingerprint density at radius 2 is 2.04 bits per heavy atom. The molecule has 2 aromatic rings. The fourth-order valence-electron chi connectivity index (χ4n) is 2.62. The Labute approximate surface area is 157 Å². The fraction of sp³-hybridized carbons (Fsp3) is 0.389. The Balaban J connectivity index is 1.41. The highest BCUT2D eigenvalue weighted by atomic mass is 19.1. The van der Waals surface area contributed by atoms with Crippen molar-refractivity contribution in [2.75, 3.05) is 54.9 Å². The molecule has 3 rings (SSSR count). The maximum absolute atomic E-state index is 13.5. The van der Waals surface area contributed by atoms with Gasteiger partial charge in [0.15, 0.2) is 0 Å². The molecule has 0 atom stereocenters. The van der Waals surface area contributed by atoms with E-state index in [1.165, 1.54) is 12.4 Å². The smallest absolute Gasteiger partial charge is 0.319 e. The summed E-state index contributed by atoms with van der Waals surface area (Å²) in [5.74, 6) is 1.19. The van der Waals surface area contributed by atoms with Crippen LogP contribution in [0.3, 0.4) is 0 Å². The molecular formula is C18H23FN6O2. The largest absolute Gasteiger partial charge is 0.378 e. The summed E-state index contributed by atoms with van der Waals surface area (Å²) < 4.78 is 18.8. The van der Waals surface area contributed by atoms with Gasteiger partial charge in [-0.2, -0.15) is 0 Å². The Bertz CT molecular complexity index is 782. The third-order valence-corrected chi connectivity index (χ3v) is 4.13. The number of nitrogens with one attached hydrogen (secondary N) is 3. The van der Waals surface area contributed by atoms with Crippen LogP contribution in [0, 0.1) is 12.7 Å². The van der Waals surface area contributed by atoms with Crippen molar-refractivity contribution in [1.82, 2.24) is 15.3 Å². The highest BCUT2D eigenvalue weighted by Crippen LogP contribution is 2.15. The van der Waals surface area contributed by atoms with Gasteiger partial charge in [0.2, 0.25) is 0 Å². The summed E-state index contributed by atoms with van der Waals surface area (Å²) in [7, 11) is 0. The Morgan fingerprint density at radius 1 is 1.22 bits per heavy atom. The first-order valence-corrected chi connectivity index (χ1v) is 8.81. The zero-order valence-corrected chi connectivity index (χ0v) is 15.2. The lowest BCUT2D eigenvalue weighted by atomic mass is 10.2. The van der Waals surface area contributed by atoms with Gasteiger partial charge in [-0.3, -0.25) is 0 Å². The number of ether oxygens (including phenoxy) is 1. The van der Waals surface area contributed by atoms with Gasteiger partial charge in [-0.25, -0.2) is 19.2 Å². The van der Waals surface area contributed by atoms with E-state index in [1.807, 2.05) is 6.07 Å². The number of aryl methyl sites for hydroxylation is 1. The molecule has 0 unspecified atom stereocenters. The number of morpholine rings is 1. The van der Waals surface area contributed by atoms with Gasteiger partial charge in [0.1, 0.15) is 23.8 Å². The minimum Gasteiger partial charge on any atom is -0.378 e. The average Bonchev–Trinajstić information content (AvgIpc) is 2.69. The van der Waals surface area contributed by atoms with E-state index in [1.54, 1.807) is 19.1 Å². The van der Waals surface area contributed by atoms with Gasteiger partial charge in [0.05, 0.1) is 13.2 Å². The monoisotopic (exact) mass is 374 g/mol. The second-order valence-corrected chi connectivity index (χ2v) is 6.13. The van der Waals surface area contributed by atoms with Crippen molar-refractivity contribution in [3.63, 3.8) is 0 Å². The number of benzene rings is 1. The zero-order chi connectivity index (χ0) is 19.1. The van der Waals surface area contributed by atoms with Crippen molar-refractivity contribution >= 4 is 23.4 Å². The minimum atomic E-state index is -0.392. The summed E-state index contributed by atoms with van der Waals surface area (Å²) in [6, 6.07) is 6.05. The summed E-state index contributed by atoms with van der Waals surface area (Å²) in [4.78, 5) is 22.5.